The number of halogens is 3. The van der Waals surface area contributed by atoms with Gasteiger partial charge in [-0.3, -0.25) is 10.4 Å². The number of nitrogens with one attached hydrogen (secondary N) is 1. The zero-order chi connectivity index (χ0) is 21.4. The fraction of sp³-hybridized carbons (Fsp3) is 0.429. The third kappa shape index (κ3) is 7.29. The molecule has 0 saturated carbocycles. The number of rotatable bonds is 10. The van der Waals surface area contributed by atoms with Gasteiger partial charge in [0.2, 0.25) is 0 Å². The van der Waals surface area contributed by atoms with E-state index in [-0.39, 0.29) is 12.1 Å². The van der Waals surface area contributed by atoms with Gasteiger partial charge in [-0.05, 0) is 48.7 Å². The van der Waals surface area contributed by atoms with E-state index in [1.54, 1.807) is 17.4 Å². The number of nitrogens with two attached hydrogens (primary N) is 1. The summed E-state index contributed by atoms with van der Waals surface area (Å²) < 4.78 is 37.6. The molecule has 2 rings (SSSR count). The molecular weight excluding hydrogens is 399 g/mol. The van der Waals surface area contributed by atoms with Crippen LogP contribution in [0.4, 0.5) is 13.2 Å². The number of hydrogen-bond acceptors (Lipinski definition) is 5. The minimum atomic E-state index is -4.69. The molecule has 0 bridgehead atoms. The second kappa shape index (κ2) is 10.5. The zero-order valence-electron chi connectivity index (χ0n) is 16.3. The fourth-order valence-corrected chi connectivity index (χ4v) is 3.86. The Kier molecular flexibility index (Phi) is 8.40. The molecular formula is C21H26F3N3OS. The maximum Gasteiger partial charge on any atom is 0.430 e. The van der Waals surface area contributed by atoms with Crippen LogP contribution in [0.25, 0.3) is 0 Å². The van der Waals surface area contributed by atoms with Crippen LogP contribution in [0.5, 0.6) is 0 Å². The molecule has 4 nitrogen and oxygen atoms in total. The molecule has 158 valence electrons. The van der Waals surface area contributed by atoms with Gasteiger partial charge in [-0.2, -0.15) is 13.2 Å². The SMILES string of the molecule is CCCCCCc1ccc(C(O)Cc2ccnc(C(=N)C=C(N)C(F)(F)F)c2)s1. The van der Waals surface area contributed by atoms with Crippen molar-refractivity contribution in [3.8, 4) is 0 Å². The first-order valence-corrected chi connectivity index (χ1v) is 10.4. The third-order valence-corrected chi connectivity index (χ3v) is 5.69. The Morgan fingerprint density at radius 3 is 2.72 bits per heavy atom. The van der Waals surface area contributed by atoms with Crippen molar-refractivity contribution in [2.45, 2.75) is 57.7 Å². The lowest BCUT2D eigenvalue weighted by molar-refractivity contribution is -0.0925. The number of aryl methyl sites for hydroxylation is 1. The topological polar surface area (TPSA) is 83.0 Å². The first-order valence-electron chi connectivity index (χ1n) is 9.55. The van der Waals surface area contributed by atoms with Crippen LogP contribution in [0, 0.1) is 5.41 Å². The molecule has 0 aromatic carbocycles. The van der Waals surface area contributed by atoms with Gasteiger partial charge in [0.25, 0.3) is 0 Å². The van der Waals surface area contributed by atoms with E-state index in [0.717, 1.165) is 17.7 Å². The van der Waals surface area contributed by atoms with Crippen molar-refractivity contribution in [3.63, 3.8) is 0 Å². The number of unbranched alkanes of at least 4 members (excludes halogenated alkanes) is 3. The highest BCUT2D eigenvalue weighted by atomic mass is 32.1. The second-order valence-corrected chi connectivity index (χ2v) is 8.10. The second-order valence-electron chi connectivity index (χ2n) is 6.90. The summed E-state index contributed by atoms with van der Waals surface area (Å²) in [5.74, 6) is 0. The Morgan fingerprint density at radius 1 is 1.28 bits per heavy atom. The van der Waals surface area contributed by atoms with Gasteiger partial charge in [-0.25, -0.2) is 0 Å². The number of thiophene rings is 1. The highest BCUT2D eigenvalue weighted by Crippen LogP contribution is 2.27. The lowest BCUT2D eigenvalue weighted by Gasteiger charge is -2.10. The highest BCUT2D eigenvalue weighted by Gasteiger charge is 2.31. The van der Waals surface area contributed by atoms with Crippen molar-refractivity contribution in [1.29, 1.82) is 5.41 Å². The van der Waals surface area contributed by atoms with Gasteiger partial charge >= 0.3 is 6.18 Å². The van der Waals surface area contributed by atoms with Gasteiger partial charge in [0.05, 0.1) is 17.5 Å². The van der Waals surface area contributed by atoms with Gasteiger partial charge in [-0.15, -0.1) is 11.3 Å². The number of aliphatic hydroxyl groups excluding tert-OH is 1. The van der Waals surface area contributed by atoms with Crippen molar-refractivity contribution in [2.75, 3.05) is 0 Å². The van der Waals surface area contributed by atoms with E-state index in [9.17, 15) is 18.3 Å². The van der Waals surface area contributed by atoms with E-state index in [0.29, 0.717) is 11.6 Å². The van der Waals surface area contributed by atoms with E-state index >= 15 is 0 Å². The Balaban J connectivity index is 2.01. The summed E-state index contributed by atoms with van der Waals surface area (Å²) in [6, 6.07) is 7.13. The number of nitrogens with zero attached hydrogens (tertiary/aromatic N) is 1. The number of aromatic nitrogens is 1. The van der Waals surface area contributed by atoms with Crippen LogP contribution in [0.15, 0.2) is 42.2 Å². The normalized spacial score (nSPS) is 13.5. The molecule has 0 radical (unpaired) electrons. The fourth-order valence-electron chi connectivity index (χ4n) is 2.82. The number of aliphatic hydroxyl groups is 1. The van der Waals surface area contributed by atoms with Crippen LogP contribution in [0.1, 0.15) is 59.7 Å². The predicted octanol–water partition coefficient (Wildman–Crippen LogP) is 5.31. The molecule has 0 aliphatic rings. The van der Waals surface area contributed by atoms with Gasteiger partial charge in [0.15, 0.2) is 0 Å². The Hall–Kier alpha value is -2.19. The highest BCUT2D eigenvalue weighted by molar-refractivity contribution is 7.12. The average Bonchev–Trinajstić information content (AvgIpc) is 3.14. The molecule has 0 aliphatic carbocycles. The summed E-state index contributed by atoms with van der Waals surface area (Å²) in [5.41, 5.74) is 3.95. The molecule has 0 saturated heterocycles. The van der Waals surface area contributed by atoms with Crippen LogP contribution < -0.4 is 5.73 Å². The van der Waals surface area contributed by atoms with E-state index < -0.39 is 23.7 Å². The molecule has 2 heterocycles. The van der Waals surface area contributed by atoms with E-state index in [2.05, 4.69) is 11.9 Å². The van der Waals surface area contributed by atoms with Crippen LogP contribution in [0.3, 0.4) is 0 Å². The molecule has 2 aromatic heterocycles. The molecule has 4 N–H and O–H groups in total. The predicted molar refractivity (Wildman–Crippen MR) is 110 cm³/mol. The van der Waals surface area contributed by atoms with Gasteiger partial charge in [0, 0.05) is 22.4 Å². The van der Waals surface area contributed by atoms with Gasteiger partial charge < -0.3 is 10.8 Å². The van der Waals surface area contributed by atoms with Crippen LogP contribution in [-0.4, -0.2) is 22.0 Å². The van der Waals surface area contributed by atoms with Crippen molar-refractivity contribution < 1.29 is 18.3 Å². The smallest absolute Gasteiger partial charge is 0.395 e. The molecule has 29 heavy (non-hydrogen) atoms. The van der Waals surface area contributed by atoms with Gasteiger partial charge in [-0.1, -0.05) is 26.2 Å². The minimum Gasteiger partial charge on any atom is -0.395 e. The Bertz CT molecular complexity index is 846. The molecule has 8 heteroatoms. The van der Waals surface area contributed by atoms with Crippen molar-refractivity contribution in [1.82, 2.24) is 4.98 Å². The standard InChI is InChI=1S/C21H26F3N3OS/c1-2-3-4-5-6-15-7-8-19(29-15)18(28)12-14-9-10-27-17(11-14)16(25)13-20(26)21(22,23)24/h7-11,13,18,25,28H,2-6,12,26H2,1H3. The number of hydrogen-bond donors (Lipinski definition) is 3. The van der Waals surface area contributed by atoms with E-state index in [1.807, 2.05) is 12.1 Å². The number of alkyl halides is 3. The number of allylic oxidation sites excluding steroid dienone is 2. The minimum absolute atomic E-state index is 0.0738. The Morgan fingerprint density at radius 2 is 2.03 bits per heavy atom. The van der Waals surface area contributed by atoms with Crippen LogP contribution in [0.2, 0.25) is 0 Å². The maximum atomic E-state index is 12.5. The summed E-state index contributed by atoms with van der Waals surface area (Å²) in [7, 11) is 0. The summed E-state index contributed by atoms with van der Waals surface area (Å²) in [5, 5.41) is 18.3. The monoisotopic (exact) mass is 425 g/mol. The van der Waals surface area contributed by atoms with E-state index in [1.165, 1.54) is 36.4 Å². The summed E-state index contributed by atoms with van der Waals surface area (Å²) >= 11 is 1.58. The Labute approximate surface area is 172 Å². The van der Waals surface area contributed by atoms with Crippen LogP contribution >= 0.6 is 11.3 Å². The molecule has 2 aromatic rings. The van der Waals surface area contributed by atoms with Crippen molar-refractivity contribution >= 4 is 17.0 Å². The lowest BCUT2D eigenvalue weighted by atomic mass is 10.1. The molecule has 1 atom stereocenters. The number of pyridine rings is 1. The van der Waals surface area contributed by atoms with E-state index in [4.69, 9.17) is 11.1 Å². The first-order chi connectivity index (χ1) is 13.7. The summed E-state index contributed by atoms with van der Waals surface area (Å²) in [6.07, 6.45) is 2.60. The van der Waals surface area contributed by atoms with Crippen molar-refractivity contribution in [3.05, 3.63) is 63.2 Å². The van der Waals surface area contributed by atoms with Crippen molar-refractivity contribution in [2.24, 2.45) is 5.73 Å². The van der Waals surface area contributed by atoms with Crippen LogP contribution in [-0.2, 0) is 12.8 Å². The van der Waals surface area contributed by atoms with Gasteiger partial charge in [0.1, 0.15) is 5.70 Å². The third-order valence-electron chi connectivity index (χ3n) is 4.44. The zero-order valence-corrected chi connectivity index (χ0v) is 17.1. The summed E-state index contributed by atoms with van der Waals surface area (Å²) in [4.78, 5) is 6.02. The lowest BCUT2D eigenvalue weighted by Crippen LogP contribution is -2.21. The largest absolute Gasteiger partial charge is 0.430 e. The quantitative estimate of drug-likeness (QED) is 0.356. The molecule has 1 unspecified atom stereocenters. The molecule has 0 spiro atoms. The molecule has 0 amide bonds. The first kappa shape index (κ1) is 23.1. The average molecular weight is 426 g/mol. The molecule has 0 aliphatic heterocycles. The maximum absolute atomic E-state index is 12.5. The molecule has 0 fully saturated rings. The summed E-state index contributed by atoms with van der Waals surface area (Å²) in [6.45, 7) is 2.17.